The van der Waals surface area contributed by atoms with Crippen LogP contribution in [0.5, 0.6) is 5.75 Å². The third-order valence-corrected chi connectivity index (χ3v) is 3.19. The van der Waals surface area contributed by atoms with Gasteiger partial charge < -0.3 is 10.4 Å². The second-order valence-electron chi connectivity index (χ2n) is 5.97. The smallest absolute Gasteiger partial charge is 0.139 e. The summed E-state index contributed by atoms with van der Waals surface area (Å²) < 4.78 is 0. The first-order valence-corrected chi connectivity index (χ1v) is 6.53. The Bertz CT molecular complexity index is 565. The molecule has 0 saturated carbocycles. The number of rotatable bonds is 2. The highest BCUT2D eigenvalue weighted by atomic mass is 16.3. The van der Waals surface area contributed by atoms with E-state index in [1.165, 1.54) is 5.56 Å². The molecule has 0 unspecified atom stereocenters. The number of benzene rings is 2. The van der Waals surface area contributed by atoms with Gasteiger partial charge in [0.15, 0.2) is 0 Å². The molecule has 0 spiro atoms. The molecule has 0 radical (unpaired) electrons. The highest BCUT2D eigenvalue weighted by molar-refractivity contribution is 5.66. The van der Waals surface area contributed by atoms with Crippen molar-refractivity contribution >= 4 is 11.4 Å². The molecule has 100 valence electrons. The minimum absolute atomic E-state index is 0.0415. The topological polar surface area (TPSA) is 32.3 Å². The molecule has 2 aromatic rings. The van der Waals surface area contributed by atoms with Crippen molar-refractivity contribution in [3.63, 3.8) is 0 Å². The summed E-state index contributed by atoms with van der Waals surface area (Å²) in [6, 6.07) is 13.9. The molecule has 0 amide bonds. The van der Waals surface area contributed by atoms with Gasteiger partial charge in [-0.05, 0) is 42.2 Å². The Morgan fingerprint density at radius 3 is 2.11 bits per heavy atom. The summed E-state index contributed by atoms with van der Waals surface area (Å²) in [6.45, 7) is 8.46. The molecule has 2 nitrogen and oxygen atoms in total. The van der Waals surface area contributed by atoms with Crippen LogP contribution in [0.25, 0.3) is 0 Å². The van der Waals surface area contributed by atoms with E-state index in [1.54, 1.807) is 0 Å². The van der Waals surface area contributed by atoms with E-state index in [9.17, 15) is 5.11 Å². The normalized spacial score (nSPS) is 11.4. The van der Waals surface area contributed by atoms with Gasteiger partial charge in [0.05, 0.1) is 5.69 Å². The molecule has 0 fully saturated rings. The lowest BCUT2D eigenvalue weighted by molar-refractivity contribution is 0.473. The van der Waals surface area contributed by atoms with Crippen molar-refractivity contribution in [1.29, 1.82) is 0 Å². The highest BCUT2D eigenvalue weighted by Crippen LogP contribution is 2.32. The minimum atomic E-state index is 0.0415. The van der Waals surface area contributed by atoms with Crippen LogP contribution in [0.15, 0.2) is 42.5 Å². The Labute approximate surface area is 115 Å². The first-order chi connectivity index (χ1) is 8.86. The van der Waals surface area contributed by atoms with Crippen molar-refractivity contribution in [3.8, 4) is 5.75 Å². The summed E-state index contributed by atoms with van der Waals surface area (Å²) >= 11 is 0. The largest absolute Gasteiger partial charge is 0.506 e. The Balaban J connectivity index is 2.24. The summed E-state index contributed by atoms with van der Waals surface area (Å²) in [6.07, 6.45) is 0. The maximum atomic E-state index is 10.1. The van der Waals surface area contributed by atoms with Crippen LogP contribution in [0.1, 0.15) is 31.9 Å². The van der Waals surface area contributed by atoms with Gasteiger partial charge in [-0.2, -0.15) is 0 Å². The standard InChI is InChI=1S/C17H21NO/c1-12-5-8-14(9-6-12)18-15-10-7-13(11-16(15)19)17(2,3)4/h5-11,18-19H,1-4H3. The Kier molecular flexibility index (Phi) is 3.52. The van der Waals surface area contributed by atoms with E-state index >= 15 is 0 Å². The molecule has 0 aliphatic carbocycles. The maximum absolute atomic E-state index is 10.1. The van der Waals surface area contributed by atoms with Gasteiger partial charge in [0.2, 0.25) is 0 Å². The van der Waals surface area contributed by atoms with Crippen molar-refractivity contribution < 1.29 is 5.11 Å². The van der Waals surface area contributed by atoms with E-state index in [0.29, 0.717) is 0 Å². The lowest BCUT2D eigenvalue weighted by Gasteiger charge is -2.20. The summed E-state index contributed by atoms with van der Waals surface area (Å²) in [5, 5.41) is 13.3. The predicted octanol–water partition coefficient (Wildman–Crippen LogP) is 4.74. The van der Waals surface area contributed by atoms with Crippen LogP contribution in [0.3, 0.4) is 0 Å². The zero-order chi connectivity index (χ0) is 14.0. The summed E-state index contributed by atoms with van der Waals surface area (Å²) in [7, 11) is 0. The molecular formula is C17H21NO. The molecule has 0 saturated heterocycles. The van der Waals surface area contributed by atoms with E-state index in [2.05, 4.69) is 39.1 Å². The van der Waals surface area contributed by atoms with Crippen LogP contribution in [-0.4, -0.2) is 5.11 Å². The van der Waals surface area contributed by atoms with Crippen LogP contribution >= 0.6 is 0 Å². The molecule has 0 aliphatic rings. The average Bonchev–Trinajstić information content (AvgIpc) is 2.33. The monoisotopic (exact) mass is 255 g/mol. The van der Waals surface area contributed by atoms with E-state index in [-0.39, 0.29) is 11.2 Å². The van der Waals surface area contributed by atoms with Gasteiger partial charge in [0.1, 0.15) is 5.75 Å². The SMILES string of the molecule is Cc1ccc(Nc2ccc(C(C)(C)C)cc2O)cc1. The highest BCUT2D eigenvalue weighted by Gasteiger charge is 2.15. The molecule has 0 bridgehead atoms. The van der Waals surface area contributed by atoms with Gasteiger partial charge in [0.25, 0.3) is 0 Å². The number of phenolic OH excluding ortho intramolecular Hbond substituents is 1. The number of hydrogen-bond acceptors (Lipinski definition) is 2. The molecule has 0 heterocycles. The average molecular weight is 255 g/mol. The summed E-state index contributed by atoms with van der Waals surface area (Å²) in [5.41, 5.74) is 4.10. The zero-order valence-electron chi connectivity index (χ0n) is 12.0. The molecule has 2 rings (SSSR count). The molecular weight excluding hydrogens is 234 g/mol. The van der Waals surface area contributed by atoms with Gasteiger partial charge in [-0.3, -0.25) is 0 Å². The number of aromatic hydroxyl groups is 1. The second kappa shape index (κ2) is 4.96. The van der Waals surface area contributed by atoms with E-state index < -0.39 is 0 Å². The quantitative estimate of drug-likeness (QED) is 0.759. The molecule has 0 aromatic heterocycles. The van der Waals surface area contributed by atoms with Gasteiger partial charge in [-0.15, -0.1) is 0 Å². The van der Waals surface area contributed by atoms with Crippen LogP contribution in [0.2, 0.25) is 0 Å². The van der Waals surface area contributed by atoms with E-state index in [0.717, 1.165) is 16.9 Å². The Morgan fingerprint density at radius 1 is 0.947 bits per heavy atom. The number of hydrogen-bond donors (Lipinski definition) is 2. The second-order valence-corrected chi connectivity index (χ2v) is 5.97. The Morgan fingerprint density at radius 2 is 1.58 bits per heavy atom. The van der Waals surface area contributed by atoms with Crippen LogP contribution in [0, 0.1) is 6.92 Å². The lowest BCUT2D eigenvalue weighted by atomic mass is 9.87. The lowest BCUT2D eigenvalue weighted by Crippen LogP contribution is -2.10. The fourth-order valence-corrected chi connectivity index (χ4v) is 1.90. The fraction of sp³-hybridized carbons (Fsp3) is 0.294. The van der Waals surface area contributed by atoms with Crippen LogP contribution in [-0.2, 0) is 5.41 Å². The van der Waals surface area contributed by atoms with Crippen molar-refractivity contribution in [2.45, 2.75) is 33.1 Å². The van der Waals surface area contributed by atoms with Crippen molar-refractivity contribution in [1.82, 2.24) is 0 Å². The maximum Gasteiger partial charge on any atom is 0.139 e. The number of phenols is 1. The van der Waals surface area contributed by atoms with Gasteiger partial charge in [0, 0.05) is 5.69 Å². The molecule has 2 aromatic carbocycles. The van der Waals surface area contributed by atoms with Crippen molar-refractivity contribution in [2.75, 3.05) is 5.32 Å². The van der Waals surface area contributed by atoms with Crippen LogP contribution < -0.4 is 5.32 Å². The minimum Gasteiger partial charge on any atom is -0.506 e. The van der Waals surface area contributed by atoms with Gasteiger partial charge in [-0.1, -0.05) is 44.5 Å². The first-order valence-electron chi connectivity index (χ1n) is 6.53. The predicted molar refractivity (Wildman–Crippen MR) is 81.3 cm³/mol. The summed E-state index contributed by atoms with van der Waals surface area (Å²) in [4.78, 5) is 0. The third-order valence-electron chi connectivity index (χ3n) is 3.19. The molecule has 0 atom stereocenters. The van der Waals surface area contributed by atoms with E-state index in [1.807, 2.05) is 36.4 Å². The van der Waals surface area contributed by atoms with Crippen molar-refractivity contribution in [3.05, 3.63) is 53.6 Å². The zero-order valence-corrected chi connectivity index (χ0v) is 12.0. The third kappa shape index (κ3) is 3.28. The molecule has 2 heteroatoms. The number of anilines is 2. The Hall–Kier alpha value is -1.96. The van der Waals surface area contributed by atoms with Gasteiger partial charge >= 0.3 is 0 Å². The van der Waals surface area contributed by atoms with E-state index in [4.69, 9.17) is 0 Å². The van der Waals surface area contributed by atoms with Gasteiger partial charge in [-0.25, -0.2) is 0 Å². The molecule has 19 heavy (non-hydrogen) atoms. The molecule has 0 aliphatic heterocycles. The van der Waals surface area contributed by atoms with Crippen LogP contribution in [0.4, 0.5) is 11.4 Å². The molecule has 2 N–H and O–H groups in total. The number of aryl methyl sites for hydroxylation is 1. The number of nitrogens with one attached hydrogen (secondary N) is 1. The fourth-order valence-electron chi connectivity index (χ4n) is 1.90. The van der Waals surface area contributed by atoms with Crippen molar-refractivity contribution in [2.24, 2.45) is 0 Å². The summed E-state index contributed by atoms with van der Waals surface area (Å²) in [5.74, 6) is 0.285. The first kappa shape index (κ1) is 13.5.